The van der Waals surface area contributed by atoms with E-state index in [1.165, 1.54) is 154 Å². The van der Waals surface area contributed by atoms with Crippen LogP contribution in [0.25, 0.3) is 0 Å². The molecule has 0 fully saturated rings. The molecule has 0 amide bonds. The van der Waals surface area contributed by atoms with Gasteiger partial charge < -0.3 is 0 Å². The summed E-state index contributed by atoms with van der Waals surface area (Å²) in [5, 5.41) is 0. The van der Waals surface area contributed by atoms with Crippen LogP contribution in [0.1, 0.15) is 168 Å². The molecule has 0 bridgehead atoms. The Hall–Kier alpha value is 0. The second-order valence-electron chi connectivity index (χ2n) is 8.78. The lowest BCUT2D eigenvalue weighted by Gasteiger charge is -2.04. The fourth-order valence-corrected chi connectivity index (χ4v) is 4.04. The highest BCUT2D eigenvalue weighted by atomic mass is 14.0. The fraction of sp³-hybridized carbons (Fsp3) is 1.00. The lowest BCUT2D eigenvalue weighted by atomic mass is 10.0. The van der Waals surface area contributed by atoms with Gasteiger partial charge in [0.1, 0.15) is 0 Å². The Kier molecular flexibility index (Phi) is 25.0. The molecule has 0 nitrogen and oxygen atoms in total. The van der Waals surface area contributed by atoms with Crippen molar-refractivity contribution < 1.29 is 0 Å². The molecule has 26 heavy (non-hydrogen) atoms. The molecule has 0 heterocycles. The van der Waals surface area contributed by atoms with Gasteiger partial charge in [-0.25, -0.2) is 0 Å². The summed E-state index contributed by atoms with van der Waals surface area (Å²) in [6.45, 7) is 4.61. The monoisotopic (exact) mass is 366 g/mol. The first-order chi connectivity index (χ1) is 12.9. The third kappa shape index (κ3) is 24.0. The SMILES string of the molecule is CCCCCCCCCCCCCCCCCCCCCCCCCC. The molecule has 0 aromatic rings. The van der Waals surface area contributed by atoms with Gasteiger partial charge in [0.05, 0.1) is 0 Å². The smallest absolute Gasteiger partial charge is 0.0533 e. The van der Waals surface area contributed by atoms with Crippen molar-refractivity contribution >= 4 is 0 Å². The van der Waals surface area contributed by atoms with E-state index in [1.807, 2.05) is 0 Å². The van der Waals surface area contributed by atoms with Gasteiger partial charge in [0, 0.05) is 0 Å². The highest BCUT2D eigenvalue weighted by molar-refractivity contribution is 4.51. The minimum absolute atomic E-state index is 1.37. The Bertz CT molecular complexity index is 196. The van der Waals surface area contributed by atoms with E-state index >= 15 is 0 Å². The standard InChI is InChI=1S/C26H54/c1-3-5-7-9-11-13-15-17-19-21-23-25-26-24-22-20-18-16-14-12-10-8-6-4-2/h3-26H2,1-2H3. The van der Waals surface area contributed by atoms with Gasteiger partial charge in [0.15, 0.2) is 0 Å². The van der Waals surface area contributed by atoms with Gasteiger partial charge in [0.25, 0.3) is 0 Å². The molecule has 0 aliphatic rings. The molecular formula is C26H54. The number of hydrogen-bond donors (Lipinski definition) is 0. The van der Waals surface area contributed by atoms with Crippen LogP contribution in [0, 0.1) is 0 Å². The molecule has 0 radical (unpaired) electrons. The third-order valence-corrected chi connectivity index (χ3v) is 5.96. The van der Waals surface area contributed by atoms with Gasteiger partial charge in [-0.3, -0.25) is 0 Å². The van der Waals surface area contributed by atoms with Crippen LogP contribution < -0.4 is 0 Å². The van der Waals surface area contributed by atoms with Crippen molar-refractivity contribution in [2.24, 2.45) is 0 Å². The lowest BCUT2D eigenvalue weighted by molar-refractivity contribution is 0.518. The Morgan fingerprint density at radius 1 is 0.192 bits per heavy atom. The van der Waals surface area contributed by atoms with Gasteiger partial charge >= 0.3 is 0 Å². The Balaban J connectivity index is 2.95. The summed E-state index contributed by atoms with van der Waals surface area (Å²) in [4.78, 5) is 0. The predicted octanol–water partition coefficient (Wildman–Crippen LogP) is 10.4. The van der Waals surface area contributed by atoms with E-state index in [9.17, 15) is 0 Å². The van der Waals surface area contributed by atoms with Crippen molar-refractivity contribution in [2.45, 2.75) is 168 Å². The molecule has 0 heteroatoms. The summed E-state index contributed by atoms with van der Waals surface area (Å²) < 4.78 is 0. The van der Waals surface area contributed by atoms with E-state index < -0.39 is 0 Å². The number of unbranched alkanes of at least 4 members (excludes halogenated alkanes) is 23. The van der Waals surface area contributed by atoms with Crippen molar-refractivity contribution in [3.05, 3.63) is 0 Å². The largest absolute Gasteiger partial charge is 0.0654 e. The third-order valence-electron chi connectivity index (χ3n) is 5.96. The van der Waals surface area contributed by atoms with Gasteiger partial charge in [-0.1, -0.05) is 168 Å². The summed E-state index contributed by atoms with van der Waals surface area (Å²) in [5.41, 5.74) is 0. The van der Waals surface area contributed by atoms with E-state index in [-0.39, 0.29) is 0 Å². The molecule has 0 aliphatic heterocycles. The van der Waals surface area contributed by atoms with Crippen molar-refractivity contribution in [1.29, 1.82) is 0 Å². The average molecular weight is 367 g/mol. The van der Waals surface area contributed by atoms with E-state index in [4.69, 9.17) is 0 Å². The molecule has 158 valence electrons. The maximum Gasteiger partial charge on any atom is -0.0533 e. The maximum absolute atomic E-state index is 2.30. The maximum atomic E-state index is 2.30. The molecule has 0 saturated heterocycles. The molecule has 0 saturated carbocycles. The highest BCUT2D eigenvalue weighted by Gasteiger charge is 1.95. The Morgan fingerprint density at radius 3 is 0.423 bits per heavy atom. The fourth-order valence-electron chi connectivity index (χ4n) is 4.04. The Labute approximate surface area is 168 Å². The van der Waals surface area contributed by atoms with Crippen molar-refractivity contribution in [3.63, 3.8) is 0 Å². The molecule has 0 aliphatic carbocycles. The highest BCUT2D eigenvalue weighted by Crippen LogP contribution is 2.15. The first-order valence-electron chi connectivity index (χ1n) is 12.9. The summed E-state index contributed by atoms with van der Waals surface area (Å²) >= 11 is 0. The molecule has 0 rings (SSSR count). The molecular weight excluding hydrogens is 312 g/mol. The van der Waals surface area contributed by atoms with Crippen LogP contribution in [0.4, 0.5) is 0 Å². The zero-order valence-corrected chi connectivity index (χ0v) is 19.0. The van der Waals surface area contributed by atoms with E-state index in [1.54, 1.807) is 0 Å². The van der Waals surface area contributed by atoms with Crippen molar-refractivity contribution in [1.82, 2.24) is 0 Å². The molecule has 0 spiro atoms. The van der Waals surface area contributed by atoms with E-state index in [0.29, 0.717) is 0 Å². The normalized spacial score (nSPS) is 11.3. The first-order valence-corrected chi connectivity index (χ1v) is 12.9. The van der Waals surface area contributed by atoms with Crippen LogP contribution in [0.5, 0.6) is 0 Å². The summed E-state index contributed by atoms with van der Waals surface area (Å²) in [6.07, 6.45) is 35.4. The number of rotatable bonds is 23. The number of hydrogen-bond acceptors (Lipinski definition) is 0. The molecule has 0 atom stereocenters. The lowest BCUT2D eigenvalue weighted by Crippen LogP contribution is -1.84. The molecule has 0 aromatic carbocycles. The minimum atomic E-state index is 1.37. The van der Waals surface area contributed by atoms with Crippen LogP contribution in [0.15, 0.2) is 0 Å². The quantitative estimate of drug-likeness (QED) is 0.158. The van der Waals surface area contributed by atoms with E-state index in [0.717, 1.165) is 0 Å². The Morgan fingerprint density at radius 2 is 0.308 bits per heavy atom. The minimum Gasteiger partial charge on any atom is -0.0654 e. The summed E-state index contributed by atoms with van der Waals surface area (Å²) in [6, 6.07) is 0. The van der Waals surface area contributed by atoms with Crippen LogP contribution >= 0.6 is 0 Å². The average Bonchev–Trinajstić information content (AvgIpc) is 2.66. The van der Waals surface area contributed by atoms with Crippen LogP contribution in [-0.4, -0.2) is 0 Å². The van der Waals surface area contributed by atoms with Crippen molar-refractivity contribution in [3.8, 4) is 0 Å². The van der Waals surface area contributed by atoms with Gasteiger partial charge in [-0.15, -0.1) is 0 Å². The molecule has 0 unspecified atom stereocenters. The second-order valence-corrected chi connectivity index (χ2v) is 8.78. The molecule has 0 N–H and O–H groups in total. The topological polar surface area (TPSA) is 0 Å². The first kappa shape index (κ1) is 26.0. The van der Waals surface area contributed by atoms with Crippen molar-refractivity contribution in [2.75, 3.05) is 0 Å². The predicted molar refractivity (Wildman–Crippen MR) is 122 cm³/mol. The van der Waals surface area contributed by atoms with Crippen LogP contribution in [0.2, 0.25) is 0 Å². The summed E-state index contributed by atoms with van der Waals surface area (Å²) in [7, 11) is 0. The zero-order chi connectivity index (χ0) is 19.0. The van der Waals surface area contributed by atoms with Gasteiger partial charge in [0.2, 0.25) is 0 Å². The van der Waals surface area contributed by atoms with Crippen LogP contribution in [-0.2, 0) is 0 Å². The molecule has 0 aromatic heterocycles. The van der Waals surface area contributed by atoms with Gasteiger partial charge in [-0.2, -0.15) is 0 Å². The van der Waals surface area contributed by atoms with Gasteiger partial charge in [-0.05, 0) is 0 Å². The second kappa shape index (κ2) is 25.0. The summed E-state index contributed by atoms with van der Waals surface area (Å²) in [5.74, 6) is 0. The van der Waals surface area contributed by atoms with Crippen LogP contribution in [0.3, 0.4) is 0 Å². The van der Waals surface area contributed by atoms with E-state index in [2.05, 4.69) is 13.8 Å². The zero-order valence-electron chi connectivity index (χ0n) is 19.0.